The standard InChI is InChI=1S/C4H13N3.C4H10/c1-7-3-4(6)2-5;1-3-4-2/h4,7H,2-3,5-6H2,1H3;3-4H2,1-2H3. The quantitative estimate of drug-likeness (QED) is 0.555. The van der Waals surface area contributed by atoms with Crippen LogP contribution in [0.25, 0.3) is 0 Å². The molecule has 0 aliphatic rings. The predicted octanol–water partition coefficient (Wildman–Crippen LogP) is 0.298. The summed E-state index contributed by atoms with van der Waals surface area (Å²) in [7, 11) is 1.86. The molecule has 0 rings (SSSR count). The van der Waals surface area contributed by atoms with Crippen LogP contribution < -0.4 is 16.8 Å². The van der Waals surface area contributed by atoms with Crippen molar-refractivity contribution in [2.75, 3.05) is 20.1 Å². The average molecular weight is 161 g/mol. The number of unbranched alkanes of at least 4 members (excludes halogenated alkanes) is 1. The molecular formula is C8H23N3. The van der Waals surface area contributed by atoms with Gasteiger partial charge < -0.3 is 16.8 Å². The van der Waals surface area contributed by atoms with Crippen molar-refractivity contribution < 1.29 is 0 Å². The summed E-state index contributed by atoms with van der Waals surface area (Å²) in [6.45, 7) is 5.72. The lowest BCUT2D eigenvalue weighted by molar-refractivity contribution is 0.627. The van der Waals surface area contributed by atoms with Gasteiger partial charge >= 0.3 is 0 Å². The number of hydrogen-bond donors (Lipinski definition) is 3. The van der Waals surface area contributed by atoms with Gasteiger partial charge in [-0.2, -0.15) is 0 Å². The van der Waals surface area contributed by atoms with Crippen molar-refractivity contribution in [1.29, 1.82) is 0 Å². The molecule has 0 amide bonds. The fourth-order valence-corrected chi connectivity index (χ4v) is 0.346. The molecule has 0 spiro atoms. The van der Waals surface area contributed by atoms with Gasteiger partial charge in [-0.05, 0) is 7.05 Å². The highest BCUT2D eigenvalue weighted by atomic mass is 14.9. The van der Waals surface area contributed by atoms with Crippen LogP contribution in [-0.4, -0.2) is 26.2 Å². The molecule has 5 N–H and O–H groups in total. The third kappa shape index (κ3) is 17.7. The molecule has 0 bridgehead atoms. The second kappa shape index (κ2) is 12.5. The SMILES string of the molecule is CCCC.CNCC(N)CN. The van der Waals surface area contributed by atoms with E-state index in [2.05, 4.69) is 19.2 Å². The Balaban J connectivity index is 0. The minimum Gasteiger partial charge on any atom is -0.329 e. The van der Waals surface area contributed by atoms with Gasteiger partial charge in [0.05, 0.1) is 0 Å². The predicted molar refractivity (Wildman–Crippen MR) is 51.5 cm³/mol. The highest BCUT2D eigenvalue weighted by Gasteiger charge is 1.92. The molecule has 0 aromatic carbocycles. The monoisotopic (exact) mass is 161 g/mol. The lowest BCUT2D eigenvalue weighted by Gasteiger charge is -2.04. The fourth-order valence-electron chi connectivity index (χ4n) is 0.346. The maximum absolute atomic E-state index is 5.40. The molecule has 70 valence electrons. The molecule has 0 radical (unpaired) electrons. The van der Waals surface area contributed by atoms with E-state index in [1.807, 2.05) is 7.05 Å². The zero-order valence-corrected chi connectivity index (χ0v) is 8.06. The first kappa shape index (κ1) is 13.5. The van der Waals surface area contributed by atoms with Gasteiger partial charge in [0, 0.05) is 19.1 Å². The van der Waals surface area contributed by atoms with Crippen LogP contribution in [0.3, 0.4) is 0 Å². The first-order chi connectivity index (χ1) is 5.22. The topological polar surface area (TPSA) is 64.1 Å². The van der Waals surface area contributed by atoms with Crippen LogP contribution in [0.2, 0.25) is 0 Å². The Labute approximate surface area is 70.5 Å². The maximum Gasteiger partial charge on any atom is 0.0289 e. The van der Waals surface area contributed by atoms with E-state index < -0.39 is 0 Å². The van der Waals surface area contributed by atoms with E-state index in [0.717, 1.165) is 6.54 Å². The average Bonchev–Trinajstić information content (AvgIpc) is 2.05. The zero-order chi connectivity index (χ0) is 9.11. The van der Waals surface area contributed by atoms with Crippen LogP contribution >= 0.6 is 0 Å². The zero-order valence-electron chi connectivity index (χ0n) is 8.06. The second-order valence-corrected chi connectivity index (χ2v) is 2.55. The minimum absolute atomic E-state index is 0.116. The normalized spacial score (nSPS) is 11.7. The molecule has 0 heterocycles. The summed E-state index contributed by atoms with van der Waals surface area (Å²) in [5.74, 6) is 0. The van der Waals surface area contributed by atoms with Crippen molar-refractivity contribution in [3.8, 4) is 0 Å². The van der Waals surface area contributed by atoms with Gasteiger partial charge in [-0.1, -0.05) is 26.7 Å². The van der Waals surface area contributed by atoms with Gasteiger partial charge in [-0.25, -0.2) is 0 Å². The van der Waals surface area contributed by atoms with E-state index in [4.69, 9.17) is 11.5 Å². The third-order valence-corrected chi connectivity index (χ3v) is 1.27. The summed E-state index contributed by atoms with van der Waals surface area (Å²) in [6.07, 6.45) is 2.64. The summed E-state index contributed by atoms with van der Waals surface area (Å²) in [5.41, 5.74) is 10.6. The largest absolute Gasteiger partial charge is 0.329 e. The third-order valence-electron chi connectivity index (χ3n) is 1.27. The van der Waals surface area contributed by atoms with Crippen LogP contribution in [0, 0.1) is 0 Å². The molecule has 0 saturated heterocycles. The van der Waals surface area contributed by atoms with Gasteiger partial charge in [0.15, 0.2) is 0 Å². The van der Waals surface area contributed by atoms with Crippen molar-refractivity contribution in [1.82, 2.24) is 5.32 Å². The Bertz CT molecular complexity index is 55.3. The lowest BCUT2D eigenvalue weighted by Crippen LogP contribution is -2.38. The van der Waals surface area contributed by atoms with E-state index in [-0.39, 0.29) is 6.04 Å². The molecule has 0 aromatic heterocycles. The summed E-state index contributed by atoms with van der Waals surface area (Å²) in [5, 5.41) is 2.91. The summed E-state index contributed by atoms with van der Waals surface area (Å²) < 4.78 is 0. The Kier molecular flexibility index (Phi) is 15.4. The van der Waals surface area contributed by atoms with Gasteiger partial charge in [0.25, 0.3) is 0 Å². The number of rotatable bonds is 4. The van der Waals surface area contributed by atoms with Crippen LogP contribution in [0.15, 0.2) is 0 Å². The van der Waals surface area contributed by atoms with Crippen molar-refractivity contribution in [3.63, 3.8) is 0 Å². The van der Waals surface area contributed by atoms with Crippen LogP contribution in [0.5, 0.6) is 0 Å². The highest BCUT2D eigenvalue weighted by Crippen LogP contribution is 1.76. The van der Waals surface area contributed by atoms with Crippen molar-refractivity contribution in [2.24, 2.45) is 11.5 Å². The second-order valence-electron chi connectivity index (χ2n) is 2.55. The molecule has 1 unspecified atom stereocenters. The Hall–Kier alpha value is -0.120. The number of hydrogen-bond acceptors (Lipinski definition) is 3. The summed E-state index contributed by atoms with van der Waals surface area (Å²) in [4.78, 5) is 0. The summed E-state index contributed by atoms with van der Waals surface area (Å²) in [6, 6.07) is 0.116. The molecule has 11 heavy (non-hydrogen) atoms. The fraction of sp³-hybridized carbons (Fsp3) is 1.00. The Morgan fingerprint density at radius 2 is 1.73 bits per heavy atom. The molecule has 3 nitrogen and oxygen atoms in total. The van der Waals surface area contributed by atoms with Crippen LogP contribution in [-0.2, 0) is 0 Å². The van der Waals surface area contributed by atoms with E-state index in [9.17, 15) is 0 Å². The molecule has 0 aromatic rings. The van der Waals surface area contributed by atoms with E-state index >= 15 is 0 Å². The van der Waals surface area contributed by atoms with Gasteiger partial charge in [0.1, 0.15) is 0 Å². The summed E-state index contributed by atoms with van der Waals surface area (Å²) >= 11 is 0. The van der Waals surface area contributed by atoms with Crippen molar-refractivity contribution >= 4 is 0 Å². The Morgan fingerprint density at radius 3 is 1.82 bits per heavy atom. The molecular weight excluding hydrogens is 138 g/mol. The highest BCUT2D eigenvalue weighted by molar-refractivity contribution is 4.61. The number of likely N-dealkylation sites (N-methyl/N-ethyl adjacent to an activating group) is 1. The molecule has 0 aliphatic heterocycles. The first-order valence-electron chi connectivity index (χ1n) is 4.33. The molecule has 0 fully saturated rings. The Morgan fingerprint density at radius 1 is 1.27 bits per heavy atom. The van der Waals surface area contributed by atoms with Crippen molar-refractivity contribution in [3.05, 3.63) is 0 Å². The lowest BCUT2D eigenvalue weighted by atomic mass is 10.3. The molecule has 1 atom stereocenters. The number of nitrogens with two attached hydrogens (primary N) is 2. The molecule has 0 saturated carbocycles. The smallest absolute Gasteiger partial charge is 0.0289 e. The molecule has 3 heteroatoms. The maximum atomic E-state index is 5.40. The first-order valence-corrected chi connectivity index (χ1v) is 4.33. The van der Waals surface area contributed by atoms with Crippen LogP contribution in [0.1, 0.15) is 26.7 Å². The van der Waals surface area contributed by atoms with E-state index in [1.54, 1.807) is 0 Å². The van der Waals surface area contributed by atoms with Gasteiger partial charge in [-0.15, -0.1) is 0 Å². The molecule has 0 aliphatic carbocycles. The van der Waals surface area contributed by atoms with E-state index in [1.165, 1.54) is 12.8 Å². The minimum atomic E-state index is 0.116. The van der Waals surface area contributed by atoms with E-state index in [0.29, 0.717) is 6.54 Å². The van der Waals surface area contributed by atoms with Gasteiger partial charge in [-0.3, -0.25) is 0 Å². The van der Waals surface area contributed by atoms with Crippen LogP contribution in [0.4, 0.5) is 0 Å². The number of nitrogens with one attached hydrogen (secondary N) is 1. The van der Waals surface area contributed by atoms with Crippen molar-refractivity contribution in [2.45, 2.75) is 32.7 Å². The van der Waals surface area contributed by atoms with Gasteiger partial charge in [0.2, 0.25) is 0 Å².